The van der Waals surface area contributed by atoms with Crippen LogP contribution in [0.2, 0.25) is 0 Å². The van der Waals surface area contributed by atoms with Gasteiger partial charge in [0.25, 0.3) is 0 Å². The molecule has 1 atom stereocenters. The van der Waals surface area contributed by atoms with Crippen molar-refractivity contribution < 1.29 is 28.6 Å². The summed E-state index contributed by atoms with van der Waals surface area (Å²) in [6.45, 7) is 6.51. The topological polar surface area (TPSA) is 78.9 Å². The molecule has 0 aromatic rings. The van der Waals surface area contributed by atoms with Gasteiger partial charge in [-0.3, -0.25) is 14.4 Å². The van der Waals surface area contributed by atoms with Crippen molar-refractivity contribution in [1.82, 2.24) is 0 Å². The van der Waals surface area contributed by atoms with Gasteiger partial charge in [-0.05, 0) is 116 Å². The van der Waals surface area contributed by atoms with E-state index in [-0.39, 0.29) is 31.1 Å². The van der Waals surface area contributed by atoms with Crippen molar-refractivity contribution in [1.29, 1.82) is 0 Å². The lowest BCUT2D eigenvalue weighted by Gasteiger charge is -2.18. The van der Waals surface area contributed by atoms with Crippen molar-refractivity contribution in [3.63, 3.8) is 0 Å². The highest BCUT2D eigenvalue weighted by Gasteiger charge is 2.19. The van der Waals surface area contributed by atoms with Gasteiger partial charge in [-0.2, -0.15) is 0 Å². The lowest BCUT2D eigenvalue weighted by molar-refractivity contribution is -0.167. The number of hydrogen-bond donors (Lipinski definition) is 0. The minimum absolute atomic E-state index is 0.0841. The highest BCUT2D eigenvalue weighted by Crippen LogP contribution is 2.16. The molecule has 0 aliphatic heterocycles. The van der Waals surface area contributed by atoms with E-state index in [1.807, 2.05) is 0 Å². The molecule has 0 aromatic carbocycles. The fourth-order valence-electron chi connectivity index (χ4n) is 9.20. The Balaban J connectivity index is 4.24. The first-order valence-corrected chi connectivity index (χ1v) is 33.5. The smallest absolute Gasteiger partial charge is 0.306 e. The Labute approximate surface area is 494 Å². The van der Waals surface area contributed by atoms with Gasteiger partial charge < -0.3 is 14.2 Å². The Morgan fingerprint density at radius 3 is 0.800 bits per heavy atom. The summed E-state index contributed by atoms with van der Waals surface area (Å²) in [5.74, 6) is -0.895. The second kappa shape index (κ2) is 67.3. The predicted octanol–water partition coefficient (Wildman–Crippen LogP) is 23.2. The van der Waals surface area contributed by atoms with E-state index >= 15 is 0 Å². The molecule has 0 saturated carbocycles. The standard InChI is InChI=1S/C74H124O6/c1-4-7-10-13-16-19-22-25-27-28-29-30-31-32-33-34-35-36-37-38-39-40-41-42-43-44-45-46-48-49-52-55-58-61-64-67-73(76)79-70-71(69-78-72(75)66-63-60-57-54-51-24-21-18-15-12-9-6-3)80-74(77)68-65-62-59-56-53-50-47-26-23-20-17-14-11-8-5-2/h7,10,16,18-19,21,25,27,29-30,32-33,35-36,38-39,41-42,44-45,71H,4-6,8-9,11-15,17,20,22-24,26,28,31,34,37,40,43,46-70H2,1-3H3/b10-7-,19-16-,21-18-,27-25-,30-29-,33-32-,36-35-,39-38-,42-41-,45-44-. The van der Waals surface area contributed by atoms with E-state index in [4.69, 9.17) is 14.2 Å². The number of rotatable bonds is 60. The molecule has 0 N–H and O–H groups in total. The lowest BCUT2D eigenvalue weighted by atomic mass is 10.0. The van der Waals surface area contributed by atoms with E-state index < -0.39 is 6.10 Å². The molecule has 80 heavy (non-hydrogen) atoms. The van der Waals surface area contributed by atoms with E-state index in [9.17, 15) is 14.4 Å². The van der Waals surface area contributed by atoms with Gasteiger partial charge in [-0.15, -0.1) is 0 Å². The van der Waals surface area contributed by atoms with Gasteiger partial charge in [0.15, 0.2) is 6.10 Å². The zero-order chi connectivity index (χ0) is 57.8. The molecule has 456 valence electrons. The molecular weight excluding hydrogens is 985 g/mol. The summed E-state index contributed by atoms with van der Waals surface area (Å²) in [5, 5.41) is 0. The van der Waals surface area contributed by atoms with Gasteiger partial charge >= 0.3 is 17.9 Å². The minimum Gasteiger partial charge on any atom is -0.462 e. The second-order valence-corrected chi connectivity index (χ2v) is 22.0. The molecule has 0 aliphatic carbocycles. The summed E-state index contributed by atoms with van der Waals surface area (Å²) in [4.78, 5) is 38.3. The van der Waals surface area contributed by atoms with Gasteiger partial charge in [0.2, 0.25) is 0 Å². The molecule has 0 saturated heterocycles. The average Bonchev–Trinajstić information content (AvgIpc) is 3.46. The molecule has 6 heteroatoms. The number of unbranched alkanes of at least 4 members (excludes halogenated alkanes) is 29. The van der Waals surface area contributed by atoms with Crippen LogP contribution in [-0.4, -0.2) is 37.2 Å². The molecule has 6 nitrogen and oxygen atoms in total. The Hall–Kier alpha value is -4.19. The normalized spacial score (nSPS) is 12.9. The van der Waals surface area contributed by atoms with Gasteiger partial charge in [0.05, 0.1) is 0 Å². The van der Waals surface area contributed by atoms with Crippen LogP contribution in [-0.2, 0) is 28.6 Å². The predicted molar refractivity (Wildman–Crippen MR) is 348 cm³/mol. The highest BCUT2D eigenvalue weighted by molar-refractivity contribution is 5.71. The molecule has 0 radical (unpaired) electrons. The van der Waals surface area contributed by atoms with Crippen molar-refractivity contribution in [3.8, 4) is 0 Å². The van der Waals surface area contributed by atoms with E-state index in [0.717, 1.165) is 128 Å². The monoisotopic (exact) mass is 1110 g/mol. The van der Waals surface area contributed by atoms with Crippen LogP contribution in [0.3, 0.4) is 0 Å². The van der Waals surface area contributed by atoms with Crippen molar-refractivity contribution in [2.75, 3.05) is 13.2 Å². The summed E-state index contributed by atoms with van der Waals surface area (Å²) in [6, 6.07) is 0. The maximum atomic E-state index is 12.9. The minimum atomic E-state index is -0.786. The third-order valence-electron chi connectivity index (χ3n) is 14.2. The quantitative estimate of drug-likeness (QED) is 0.0261. The maximum absolute atomic E-state index is 12.9. The lowest BCUT2D eigenvalue weighted by Crippen LogP contribution is -2.30. The van der Waals surface area contributed by atoms with Crippen LogP contribution in [0, 0.1) is 0 Å². The average molecular weight is 1110 g/mol. The summed E-state index contributed by atoms with van der Waals surface area (Å²) in [7, 11) is 0. The number of carbonyl (C=O) groups excluding carboxylic acids is 3. The number of carbonyl (C=O) groups is 3. The van der Waals surface area contributed by atoms with E-state index in [0.29, 0.717) is 19.3 Å². The third-order valence-corrected chi connectivity index (χ3v) is 14.2. The summed E-state index contributed by atoms with van der Waals surface area (Å²) in [6.07, 6.45) is 93.6. The van der Waals surface area contributed by atoms with Gasteiger partial charge in [-0.25, -0.2) is 0 Å². The molecule has 0 rings (SSSR count). The fraction of sp³-hybridized carbons (Fsp3) is 0.689. The van der Waals surface area contributed by atoms with Crippen molar-refractivity contribution in [2.24, 2.45) is 0 Å². The first-order valence-electron chi connectivity index (χ1n) is 33.5. The largest absolute Gasteiger partial charge is 0.462 e. The number of allylic oxidation sites excluding steroid dienone is 20. The molecule has 1 unspecified atom stereocenters. The number of hydrogen-bond acceptors (Lipinski definition) is 6. The van der Waals surface area contributed by atoms with Crippen molar-refractivity contribution >= 4 is 17.9 Å². The Bertz CT molecular complexity index is 1650. The van der Waals surface area contributed by atoms with Crippen LogP contribution in [0.1, 0.15) is 310 Å². The molecular formula is C74H124O6. The van der Waals surface area contributed by atoms with Crippen LogP contribution in [0.15, 0.2) is 122 Å². The second-order valence-electron chi connectivity index (χ2n) is 22.0. The molecule has 0 amide bonds. The Kier molecular flexibility index (Phi) is 63.8. The van der Waals surface area contributed by atoms with E-state index in [1.165, 1.54) is 141 Å². The first kappa shape index (κ1) is 75.8. The van der Waals surface area contributed by atoms with E-state index in [2.05, 4.69) is 142 Å². The zero-order valence-corrected chi connectivity index (χ0v) is 52.3. The summed E-state index contributed by atoms with van der Waals surface area (Å²) >= 11 is 0. The summed E-state index contributed by atoms with van der Waals surface area (Å²) < 4.78 is 16.9. The number of esters is 3. The van der Waals surface area contributed by atoms with Gasteiger partial charge in [0, 0.05) is 19.3 Å². The van der Waals surface area contributed by atoms with Crippen molar-refractivity contribution in [2.45, 2.75) is 316 Å². The number of ether oxygens (including phenoxy) is 3. The maximum Gasteiger partial charge on any atom is 0.306 e. The molecule has 0 bridgehead atoms. The molecule has 0 heterocycles. The van der Waals surface area contributed by atoms with Crippen LogP contribution in [0.5, 0.6) is 0 Å². The molecule has 0 aromatic heterocycles. The molecule has 0 fully saturated rings. The Morgan fingerprint density at radius 2 is 0.487 bits per heavy atom. The zero-order valence-electron chi connectivity index (χ0n) is 52.3. The van der Waals surface area contributed by atoms with Gasteiger partial charge in [0.1, 0.15) is 13.2 Å². The van der Waals surface area contributed by atoms with Gasteiger partial charge in [-0.1, -0.05) is 296 Å². The molecule has 0 aliphatic rings. The third kappa shape index (κ3) is 64.6. The van der Waals surface area contributed by atoms with Crippen molar-refractivity contribution in [3.05, 3.63) is 122 Å². The van der Waals surface area contributed by atoms with Crippen LogP contribution in [0.4, 0.5) is 0 Å². The van der Waals surface area contributed by atoms with Crippen LogP contribution >= 0.6 is 0 Å². The van der Waals surface area contributed by atoms with Crippen LogP contribution < -0.4 is 0 Å². The summed E-state index contributed by atoms with van der Waals surface area (Å²) in [5.41, 5.74) is 0. The fourth-order valence-corrected chi connectivity index (χ4v) is 9.20. The molecule has 0 spiro atoms. The van der Waals surface area contributed by atoms with E-state index in [1.54, 1.807) is 0 Å². The first-order chi connectivity index (χ1) is 39.5. The SMILES string of the molecule is CC/C=C\C/C=C\C/C=C\C/C=C\C/C=C\C/C=C\C/C=C\C/C=C\C/C=C\CCCCCCCCCC(=O)OCC(COC(=O)CCCCCCC/C=C\CCCCC)OC(=O)CCCCCCCCCCCCCCCCC. The Morgan fingerprint density at radius 1 is 0.263 bits per heavy atom. The van der Waals surface area contributed by atoms with Crippen LogP contribution in [0.25, 0.3) is 0 Å². The highest BCUT2D eigenvalue weighted by atomic mass is 16.6.